The van der Waals surface area contributed by atoms with Crippen molar-refractivity contribution in [1.29, 1.82) is 0 Å². The van der Waals surface area contributed by atoms with Crippen molar-refractivity contribution in [2.75, 3.05) is 18.1 Å². The van der Waals surface area contributed by atoms with Crippen molar-refractivity contribution >= 4 is 11.4 Å². The Morgan fingerprint density at radius 2 is 0.824 bits per heavy atom. The predicted octanol–water partition coefficient (Wildman–Crippen LogP) is 1.38. The second-order valence-corrected chi connectivity index (χ2v) is 3.48. The standard InChI is InChI=1S/C12H12N2.CH6N2/c13-11-5-1-9(2-6-11)10-3-7-12(14)8-4-10;2-1-3/h1-8H,13-14H2;1-3H2. The summed E-state index contributed by atoms with van der Waals surface area (Å²) in [5.74, 6) is 0. The fraction of sp³-hybridized carbons (Fsp3) is 0.0769. The number of rotatable bonds is 1. The van der Waals surface area contributed by atoms with Crippen LogP contribution in [0.15, 0.2) is 48.5 Å². The molecule has 0 saturated heterocycles. The highest BCUT2D eigenvalue weighted by molar-refractivity contribution is 5.67. The minimum Gasteiger partial charge on any atom is -0.399 e. The van der Waals surface area contributed by atoms with Crippen molar-refractivity contribution in [2.45, 2.75) is 0 Å². The zero-order valence-electron chi connectivity index (χ0n) is 9.64. The summed E-state index contributed by atoms with van der Waals surface area (Å²) in [6, 6.07) is 15.6. The molecule has 4 nitrogen and oxygen atoms in total. The maximum atomic E-state index is 5.61. The molecule has 0 saturated carbocycles. The molecule has 0 atom stereocenters. The molecule has 90 valence electrons. The first-order valence-electron chi connectivity index (χ1n) is 5.29. The van der Waals surface area contributed by atoms with Crippen LogP contribution < -0.4 is 22.9 Å². The average Bonchev–Trinajstić information content (AvgIpc) is 2.32. The van der Waals surface area contributed by atoms with Crippen molar-refractivity contribution < 1.29 is 0 Å². The Morgan fingerprint density at radius 3 is 1.06 bits per heavy atom. The van der Waals surface area contributed by atoms with Gasteiger partial charge in [-0.15, -0.1) is 0 Å². The van der Waals surface area contributed by atoms with Gasteiger partial charge in [0.2, 0.25) is 0 Å². The molecule has 0 amide bonds. The summed E-state index contributed by atoms with van der Waals surface area (Å²) in [5, 5.41) is 0. The number of benzene rings is 2. The van der Waals surface area contributed by atoms with Crippen molar-refractivity contribution in [2.24, 2.45) is 11.5 Å². The number of nitrogens with two attached hydrogens (primary N) is 4. The lowest BCUT2D eigenvalue weighted by molar-refractivity contribution is 1.07. The smallest absolute Gasteiger partial charge is 0.0403 e. The molecule has 0 radical (unpaired) electrons. The molecule has 17 heavy (non-hydrogen) atoms. The predicted molar refractivity (Wildman–Crippen MR) is 73.9 cm³/mol. The van der Waals surface area contributed by atoms with Gasteiger partial charge in [0.15, 0.2) is 0 Å². The lowest BCUT2D eigenvalue weighted by Gasteiger charge is -2.02. The fourth-order valence-corrected chi connectivity index (χ4v) is 1.35. The van der Waals surface area contributed by atoms with Gasteiger partial charge in [0, 0.05) is 18.0 Å². The maximum absolute atomic E-state index is 5.61. The highest BCUT2D eigenvalue weighted by Crippen LogP contribution is 2.21. The molecule has 0 aliphatic rings. The van der Waals surface area contributed by atoms with Crippen LogP contribution in [0.5, 0.6) is 0 Å². The van der Waals surface area contributed by atoms with E-state index in [4.69, 9.17) is 11.5 Å². The molecular weight excluding hydrogens is 212 g/mol. The summed E-state index contributed by atoms with van der Waals surface area (Å²) in [5.41, 5.74) is 24.3. The van der Waals surface area contributed by atoms with Gasteiger partial charge in [0.05, 0.1) is 0 Å². The van der Waals surface area contributed by atoms with Crippen LogP contribution >= 0.6 is 0 Å². The average molecular weight is 230 g/mol. The van der Waals surface area contributed by atoms with Crippen molar-refractivity contribution in [3.63, 3.8) is 0 Å². The van der Waals surface area contributed by atoms with Crippen LogP contribution in [0.4, 0.5) is 11.4 Å². The van der Waals surface area contributed by atoms with E-state index >= 15 is 0 Å². The van der Waals surface area contributed by atoms with Crippen LogP contribution in [0.3, 0.4) is 0 Å². The van der Waals surface area contributed by atoms with Crippen molar-refractivity contribution in [1.82, 2.24) is 0 Å². The molecule has 0 heterocycles. The number of nitrogen functional groups attached to an aromatic ring is 2. The van der Waals surface area contributed by atoms with Crippen LogP contribution in [0.1, 0.15) is 0 Å². The second-order valence-electron chi connectivity index (χ2n) is 3.48. The van der Waals surface area contributed by atoms with Crippen LogP contribution in [0, 0.1) is 0 Å². The molecule has 0 spiro atoms. The lowest BCUT2D eigenvalue weighted by Crippen LogP contribution is -2.08. The third-order valence-corrected chi connectivity index (χ3v) is 2.15. The molecule has 2 aromatic rings. The molecular formula is C13H18N4. The van der Waals surface area contributed by atoms with Gasteiger partial charge in [-0.05, 0) is 35.4 Å². The summed E-state index contributed by atoms with van der Waals surface area (Å²) in [6.45, 7) is 0.250. The van der Waals surface area contributed by atoms with Gasteiger partial charge >= 0.3 is 0 Å². The molecule has 8 N–H and O–H groups in total. The monoisotopic (exact) mass is 230 g/mol. The van der Waals surface area contributed by atoms with Gasteiger partial charge in [-0.25, -0.2) is 0 Å². The van der Waals surface area contributed by atoms with Gasteiger partial charge in [0.25, 0.3) is 0 Å². The molecule has 4 heteroatoms. The van der Waals surface area contributed by atoms with Gasteiger partial charge in [-0.2, -0.15) is 0 Å². The molecule has 0 fully saturated rings. The Morgan fingerprint density at radius 1 is 0.588 bits per heavy atom. The van der Waals surface area contributed by atoms with E-state index in [0.717, 1.165) is 22.5 Å². The molecule has 0 aromatic heterocycles. The van der Waals surface area contributed by atoms with E-state index in [1.54, 1.807) is 0 Å². The summed E-state index contributed by atoms with van der Waals surface area (Å²) in [7, 11) is 0. The van der Waals surface area contributed by atoms with Crippen molar-refractivity contribution in [3.05, 3.63) is 48.5 Å². The van der Waals surface area contributed by atoms with Gasteiger partial charge in [-0.1, -0.05) is 24.3 Å². The Hall–Kier alpha value is -2.04. The van der Waals surface area contributed by atoms with Gasteiger partial charge < -0.3 is 22.9 Å². The van der Waals surface area contributed by atoms with Crippen LogP contribution in [0.25, 0.3) is 11.1 Å². The van der Waals surface area contributed by atoms with Gasteiger partial charge in [-0.3, -0.25) is 0 Å². The fourth-order valence-electron chi connectivity index (χ4n) is 1.35. The molecule has 0 aliphatic heterocycles. The van der Waals surface area contributed by atoms with E-state index in [9.17, 15) is 0 Å². The topological polar surface area (TPSA) is 104 Å². The summed E-state index contributed by atoms with van der Waals surface area (Å²) >= 11 is 0. The normalized spacial score (nSPS) is 9.29. The van der Waals surface area contributed by atoms with E-state index < -0.39 is 0 Å². The number of hydrogen-bond donors (Lipinski definition) is 4. The number of anilines is 2. The minimum absolute atomic E-state index is 0.250. The summed E-state index contributed by atoms with van der Waals surface area (Å²) in [4.78, 5) is 0. The summed E-state index contributed by atoms with van der Waals surface area (Å²) in [6.07, 6.45) is 0. The number of hydrogen-bond acceptors (Lipinski definition) is 4. The zero-order chi connectivity index (χ0) is 12.7. The van der Waals surface area contributed by atoms with E-state index in [-0.39, 0.29) is 6.67 Å². The minimum atomic E-state index is 0.250. The third-order valence-electron chi connectivity index (χ3n) is 2.15. The molecule has 2 rings (SSSR count). The molecule has 0 aliphatic carbocycles. The first-order chi connectivity index (χ1) is 8.17. The Kier molecular flexibility index (Phi) is 5.00. The van der Waals surface area contributed by atoms with Crippen LogP contribution in [0.2, 0.25) is 0 Å². The van der Waals surface area contributed by atoms with Crippen molar-refractivity contribution in [3.8, 4) is 11.1 Å². The SMILES string of the molecule is NCN.Nc1ccc(-c2ccc(N)cc2)cc1. The van der Waals surface area contributed by atoms with E-state index in [1.165, 1.54) is 0 Å². The first-order valence-corrected chi connectivity index (χ1v) is 5.29. The highest BCUT2D eigenvalue weighted by atomic mass is 14.7. The Bertz CT molecular complexity index is 390. The molecule has 0 unspecified atom stereocenters. The van der Waals surface area contributed by atoms with Gasteiger partial charge in [0.1, 0.15) is 0 Å². The van der Waals surface area contributed by atoms with E-state index in [2.05, 4.69) is 11.5 Å². The van der Waals surface area contributed by atoms with Crippen LogP contribution in [-0.4, -0.2) is 6.67 Å². The van der Waals surface area contributed by atoms with E-state index in [1.807, 2.05) is 48.5 Å². The Labute approximate surface area is 101 Å². The zero-order valence-corrected chi connectivity index (χ0v) is 9.64. The Balaban J connectivity index is 0.000000437. The van der Waals surface area contributed by atoms with E-state index in [0.29, 0.717) is 0 Å². The molecule has 0 bridgehead atoms. The summed E-state index contributed by atoms with van der Waals surface area (Å²) < 4.78 is 0. The van der Waals surface area contributed by atoms with Crippen LogP contribution in [-0.2, 0) is 0 Å². The molecule has 2 aromatic carbocycles. The quantitative estimate of drug-likeness (QED) is 0.439. The highest BCUT2D eigenvalue weighted by Gasteiger charge is 1.95. The first kappa shape index (κ1) is 13.0. The maximum Gasteiger partial charge on any atom is 0.0403 e. The lowest BCUT2D eigenvalue weighted by atomic mass is 10.1. The third kappa shape index (κ3) is 4.14. The largest absolute Gasteiger partial charge is 0.399 e. The second kappa shape index (κ2) is 6.52.